The van der Waals surface area contributed by atoms with Crippen LogP contribution in [0.25, 0.3) is 11.5 Å². The Morgan fingerprint density at radius 2 is 1.27 bits per heavy atom. The van der Waals surface area contributed by atoms with Crippen LogP contribution < -0.4 is 0 Å². The van der Waals surface area contributed by atoms with Crippen LogP contribution in [0.3, 0.4) is 0 Å². The summed E-state index contributed by atoms with van der Waals surface area (Å²) < 4.78 is 0. The van der Waals surface area contributed by atoms with Gasteiger partial charge in [0, 0.05) is 0 Å². The third kappa shape index (κ3) is 5.39. The summed E-state index contributed by atoms with van der Waals surface area (Å²) in [5, 5.41) is 0. The first kappa shape index (κ1) is 11.1. The molecular formula is C6H6Cl2N2Ti-2. The molecule has 0 fully saturated rings. The molecule has 0 radical (unpaired) electrons. The van der Waals surface area contributed by atoms with Crippen LogP contribution in [0.5, 0.6) is 0 Å². The van der Waals surface area contributed by atoms with Gasteiger partial charge in [-0.3, -0.25) is 0 Å². The van der Waals surface area contributed by atoms with E-state index in [2.05, 4.69) is 0 Å². The summed E-state index contributed by atoms with van der Waals surface area (Å²) >= 11 is -0.556. The zero-order valence-electron chi connectivity index (χ0n) is 5.57. The Bertz CT molecular complexity index is 187. The van der Waals surface area contributed by atoms with Crippen molar-refractivity contribution in [2.75, 3.05) is 0 Å². The van der Waals surface area contributed by atoms with Crippen LogP contribution >= 0.6 is 18.6 Å². The molecule has 0 saturated carbocycles. The largest absolute Gasteiger partial charge is 0.700 e. The standard InChI is InChI=1S/C6H6N2.2ClH.Ti/c7-5-3-1-2-4-6(5)8;;;/h1-4,7-8H;2*1H;/q-2;;;+2/p-2. The topological polar surface area (TPSA) is 47.6 Å². The second-order valence-corrected chi connectivity index (χ2v) is 4.20. The Kier molecular flexibility index (Phi) is 6.87. The Balaban J connectivity index is 0.000000292. The zero-order valence-corrected chi connectivity index (χ0v) is 8.64. The average Bonchev–Trinajstić information content (AvgIpc) is 1.97. The summed E-state index contributed by atoms with van der Waals surface area (Å²) in [4.78, 5) is 0. The maximum Gasteiger partial charge on any atom is -0.0636 e. The first-order valence-electron chi connectivity index (χ1n) is 2.71. The van der Waals surface area contributed by atoms with E-state index < -0.39 is 17.0 Å². The molecule has 0 spiro atoms. The maximum atomic E-state index is 7.03. The SMILES string of the molecule is [Cl][Ti][Cl].[NH-]c1ccccc1[NH-]. The second kappa shape index (κ2) is 6.80. The van der Waals surface area contributed by atoms with Gasteiger partial charge in [-0.05, 0) is 0 Å². The molecule has 11 heavy (non-hydrogen) atoms. The van der Waals surface area contributed by atoms with Crippen LogP contribution in [-0.4, -0.2) is 0 Å². The molecule has 2 nitrogen and oxygen atoms in total. The van der Waals surface area contributed by atoms with Gasteiger partial charge in [-0.15, -0.1) is 0 Å². The van der Waals surface area contributed by atoms with Gasteiger partial charge in [0.15, 0.2) is 0 Å². The van der Waals surface area contributed by atoms with Crippen molar-refractivity contribution in [3.05, 3.63) is 35.7 Å². The minimum Gasteiger partial charge on any atom is -0.700 e. The van der Waals surface area contributed by atoms with Crippen LogP contribution in [-0.2, 0) is 17.0 Å². The number of hydrogen-bond donors (Lipinski definition) is 0. The van der Waals surface area contributed by atoms with Gasteiger partial charge >= 0.3 is 35.6 Å². The Morgan fingerprint density at radius 3 is 1.45 bits per heavy atom. The molecule has 1 rings (SSSR count). The number of nitrogens with one attached hydrogen (secondary N) is 2. The Morgan fingerprint density at radius 1 is 1.00 bits per heavy atom. The number of hydrogen-bond acceptors (Lipinski definition) is 0. The fourth-order valence-electron chi connectivity index (χ4n) is 0.483. The molecule has 0 bridgehead atoms. The fraction of sp³-hybridized carbons (Fsp3) is 0. The van der Waals surface area contributed by atoms with Gasteiger partial charge in [-0.2, -0.15) is 11.4 Å². The molecule has 60 valence electrons. The second-order valence-electron chi connectivity index (χ2n) is 1.62. The van der Waals surface area contributed by atoms with Gasteiger partial charge in [-0.25, -0.2) is 0 Å². The molecule has 5 heteroatoms. The smallest absolute Gasteiger partial charge is 0.0636 e. The van der Waals surface area contributed by atoms with Crippen molar-refractivity contribution in [1.82, 2.24) is 0 Å². The van der Waals surface area contributed by atoms with E-state index in [4.69, 9.17) is 30.1 Å². The van der Waals surface area contributed by atoms with Crippen molar-refractivity contribution in [2.24, 2.45) is 0 Å². The molecule has 0 atom stereocenters. The van der Waals surface area contributed by atoms with E-state index in [0.717, 1.165) is 0 Å². The van der Waals surface area contributed by atoms with Crippen molar-refractivity contribution in [3.8, 4) is 0 Å². The van der Waals surface area contributed by atoms with Crippen LogP contribution in [0.2, 0.25) is 0 Å². The van der Waals surface area contributed by atoms with E-state index in [1.165, 1.54) is 0 Å². The summed E-state index contributed by atoms with van der Waals surface area (Å²) in [6, 6.07) is 6.70. The molecule has 0 unspecified atom stereocenters. The predicted molar refractivity (Wildman–Crippen MR) is 46.1 cm³/mol. The van der Waals surface area contributed by atoms with Crippen molar-refractivity contribution < 1.29 is 17.0 Å². The van der Waals surface area contributed by atoms with Crippen LogP contribution in [0.15, 0.2) is 24.3 Å². The molecule has 1 aromatic carbocycles. The molecule has 0 heterocycles. The maximum absolute atomic E-state index is 7.03. The summed E-state index contributed by atoms with van der Waals surface area (Å²) in [5.74, 6) is 0. The van der Waals surface area contributed by atoms with E-state index >= 15 is 0 Å². The summed E-state index contributed by atoms with van der Waals surface area (Å²) in [7, 11) is 9.78. The summed E-state index contributed by atoms with van der Waals surface area (Å²) in [6.07, 6.45) is 0. The van der Waals surface area contributed by atoms with Crippen molar-refractivity contribution in [1.29, 1.82) is 0 Å². The van der Waals surface area contributed by atoms with E-state index in [1.54, 1.807) is 24.3 Å². The van der Waals surface area contributed by atoms with Crippen molar-refractivity contribution in [3.63, 3.8) is 0 Å². The van der Waals surface area contributed by atoms with Crippen molar-refractivity contribution in [2.45, 2.75) is 0 Å². The number of halogens is 2. The van der Waals surface area contributed by atoms with E-state index in [9.17, 15) is 0 Å². The summed E-state index contributed by atoms with van der Waals surface area (Å²) in [6.45, 7) is 0. The van der Waals surface area contributed by atoms with Gasteiger partial charge in [-0.1, -0.05) is 24.3 Å². The molecule has 0 aliphatic rings. The molecule has 1 aromatic rings. The Hall–Kier alpha value is 0.114. The zero-order chi connectivity index (χ0) is 8.69. The van der Waals surface area contributed by atoms with Crippen LogP contribution in [0, 0.1) is 0 Å². The number of benzene rings is 1. The van der Waals surface area contributed by atoms with E-state index in [0.29, 0.717) is 0 Å². The average molecular weight is 225 g/mol. The molecular weight excluding hydrogens is 219 g/mol. The van der Waals surface area contributed by atoms with E-state index in [1.807, 2.05) is 0 Å². The first-order valence-corrected chi connectivity index (χ1v) is 7.00. The molecule has 0 amide bonds. The monoisotopic (exact) mass is 224 g/mol. The van der Waals surface area contributed by atoms with Gasteiger partial charge in [0.25, 0.3) is 0 Å². The van der Waals surface area contributed by atoms with Gasteiger partial charge in [0.1, 0.15) is 0 Å². The third-order valence-corrected chi connectivity index (χ3v) is 0.927. The fourth-order valence-corrected chi connectivity index (χ4v) is 0.483. The molecule has 2 N–H and O–H groups in total. The quantitative estimate of drug-likeness (QED) is 0.586. The first-order chi connectivity index (χ1) is 5.22. The normalized spacial score (nSPS) is 7.82. The van der Waals surface area contributed by atoms with Crippen molar-refractivity contribution >= 4 is 30.0 Å². The Labute approximate surface area is 82.5 Å². The predicted octanol–water partition coefficient (Wildman–Crippen LogP) is 4.43. The molecule has 0 aromatic heterocycles. The minimum absolute atomic E-state index is 0.285. The molecule has 0 aliphatic heterocycles. The van der Waals surface area contributed by atoms with Gasteiger partial charge in [0.05, 0.1) is 0 Å². The van der Waals surface area contributed by atoms with Gasteiger partial charge in [0.2, 0.25) is 0 Å². The van der Waals surface area contributed by atoms with Crippen LogP contribution in [0.1, 0.15) is 0 Å². The van der Waals surface area contributed by atoms with Crippen LogP contribution in [0.4, 0.5) is 11.4 Å². The molecule has 0 aliphatic carbocycles. The number of rotatable bonds is 0. The van der Waals surface area contributed by atoms with E-state index in [-0.39, 0.29) is 11.4 Å². The summed E-state index contributed by atoms with van der Waals surface area (Å²) in [5.41, 5.74) is 14.6. The molecule has 0 saturated heterocycles. The van der Waals surface area contributed by atoms with Gasteiger partial charge < -0.3 is 11.5 Å². The third-order valence-electron chi connectivity index (χ3n) is 0.927. The minimum atomic E-state index is -0.556.